The Hall–Kier alpha value is -1.59. The summed E-state index contributed by atoms with van der Waals surface area (Å²) in [7, 11) is 1.62. The van der Waals surface area contributed by atoms with Crippen LogP contribution < -0.4 is 5.32 Å². The van der Waals surface area contributed by atoms with Crippen molar-refractivity contribution in [2.75, 3.05) is 12.4 Å². The molecule has 0 unspecified atom stereocenters. The Kier molecular flexibility index (Phi) is 4.07. The molecule has 0 aliphatic heterocycles. The fraction of sp³-hybridized carbons (Fsp3) is 0.385. The van der Waals surface area contributed by atoms with Gasteiger partial charge in [0.25, 0.3) is 0 Å². The number of rotatable bonds is 4. The van der Waals surface area contributed by atoms with Gasteiger partial charge in [0.15, 0.2) is 0 Å². The average Bonchev–Trinajstić information content (AvgIpc) is 2.30. The van der Waals surface area contributed by atoms with E-state index in [-0.39, 0.29) is 28.5 Å². The van der Waals surface area contributed by atoms with Gasteiger partial charge in [-0.05, 0) is 31.0 Å². The topological polar surface area (TPSA) is 75.6 Å². The zero-order valence-corrected chi connectivity index (χ0v) is 11.1. The summed E-state index contributed by atoms with van der Waals surface area (Å²) in [5.41, 5.74) is 0.413. The van der Waals surface area contributed by atoms with E-state index >= 15 is 0 Å². The van der Waals surface area contributed by atoms with Gasteiger partial charge in [-0.1, -0.05) is 11.6 Å². The lowest BCUT2D eigenvalue weighted by Gasteiger charge is -2.32. The van der Waals surface area contributed by atoms with E-state index in [1.54, 1.807) is 13.2 Å². The molecule has 102 valence electrons. The number of anilines is 1. The van der Waals surface area contributed by atoms with Crippen molar-refractivity contribution in [2.45, 2.75) is 18.9 Å². The first-order valence-corrected chi connectivity index (χ1v) is 6.25. The Balaban J connectivity index is 2.02. The zero-order chi connectivity index (χ0) is 14.0. The molecule has 0 heterocycles. The van der Waals surface area contributed by atoms with Crippen LogP contribution in [0.3, 0.4) is 0 Å². The highest BCUT2D eigenvalue weighted by Gasteiger charge is 2.34. The fourth-order valence-corrected chi connectivity index (χ4v) is 2.18. The molecule has 6 heteroatoms. The van der Waals surface area contributed by atoms with Gasteiger partial charge in [0.05, 0.1) is 16.7 Å². The van der Waals surface area contributed by atoms with Crippen molar-refractivity contribution in [3.8, 4) is 0 Å². The molecule has 1 aromatic carbocycles. The SMILES string of the molecule is COC1CC(C(=O)Nc2ccc(Cl)c(C(=O)O)c2)C1. The number of carboxylic acids is 1. The van der Waals surface area contributed by atoms with Crippen LogP contribution in [0.5, 0.6) is 0 Å². The number of hydrogen-bond donors (Lipinski definition) is 2. The smallest absolute Gasteiger partial charge is 0.337 e. The van der Waals surface area contributed by atoms with Crippen LogP contribution in [-0.4, -0.2) is 30.2 Å². The molecular formula is C13H14ClNO4. The van der Waals surface area contributed by atoms with E-state index in [1.807, 2.05) is 0 Å². The molecule has 19 heavy (non-hydrogen) atoms. The van der Waals surface area contributed by atoms with Crippen LogP contribution in [0, 0.1) is 5.92 Å². The van der Waals surface area contributed by atoms with Crippen molar-refractivity contribution in [3.63, 3.8) is 0 Å². The fourth-order valence-electron chi connectivity index (χ4n) is 1.98. The number of amides is 1. The number of carbonyl (C=O) groups is 2. The van der Waals surface area contributed by atoms with Crippen LogP contribution in [0.15, 0.2) is 18.2 Å². The molecule has 1 aliphatic rings. The molecule has 1 amide bonds. The Bertz CT molecular complexity index is 511. The number of halogens is 1. The number of ether oxygens (including phenoxy) is 1. The molecule has 1 saturated carbocycles. The van der Waals surface area contributed by atoms with Gasteiger partial charge in [0.2, 0.25) is 5.91 Å². The molecule has 0 bridgehead atoms. The summed E-state index contributed by atoms with van der Waals surface area (Å²) in [6, 6.07) is 4.40. The molecule has 0 radical (unpaired) electrons. The lowest BCUT2D eigenvalue weighted by Crippen LogP contribution is -2.38. The second-order valence-electron chi connectivity index (χ2n) is 4.52. The quantitative estimate of drug-likeness (QED) is 0.890. The van der Waals surface area contributed by atoms with Crippen molar-refractivity contribution in [1.29, 1.82) is 0 Å². The molecule has 1 aliphatic carbocycles. The largest absolute Gasteiger partial charge is 0.478 e. The Labute approximate surface area is 115 Å². The summed E-state index contributed by atoms with van der Waals surface area (Å²) < 4.78 is 5.11. The van der Waals surface area contributed by atoms with Crippen LogP contribution in [0.2, 0.25) is 5.02 Å². The van der Waals surface area contributed by atoms with Crippen LogP contribution in [-0.2, 0) is 9.53 Å². The monoisotopic (exact) mass is 283 g/mol. The summed E-state index contributed by atoms with van der Waals surface area (Å²) in [6.07, 6.45) is 1.54. The normalized spacial score (nSPS) is 21.6. The number of nitrogens with one attached hydrogen (secondary N) is 1. The number of hydrogen-bond acceptors (Lipinski definition) is 3. The minimum atomic E-state index is -1.12. The molecule has 5 nitrogen and oxygen atoms in total. The lowest BCUT2D eigenvalue weighted by atomic mass is 9.81. The van der Waals surface area contributed by atoms with Crippen molar-refractivity contribution in [1.82, 2.24) is 0 Å². The molecule has 0 atom stereocenters. The van der Waals surface area contributed by atoms with E-state index in [0.717, 1.165) is 0 Å². The molecule has 2 rings (SSSR count). The maximum atomic E-state index is 11.9. The number of methoxy groups -OCH3 is 1. The predicted octanol–water partition coefficient (Wildman–Crippen LogP) is 2.40. The first-order valence-electron chi connectivity index (χ1n) is 5.87. The van der Waals surface area contributed by atoms with Crippen molar-refractivity contribution in [3.05, 3.63) is 28.8 Å². The summed E-state index contributed by atoms with van der Waals surface area (Å²) >= 11 is 5.76. The van der Waals surface area contributed by atoms with E-state index in [4.69, 9.17) is 21.4 Å². The van der Waals surface area contributed by atoms with Gasteiger partial charge in [-0.25, -0.2) is 4.79 Å². The van der Waals surface area contributed by atoms with Gasteiger partial charge >= 0.3 is 5.97 Å². The van der Waals surface area contributed by atoms with Gasteiger partial charge in [-0.3, -0.25) is 4.79 Å². The van der Waals surface area contributed by atoms with E-state index < -0.39 is 5.97 Å². The molecule has 0 spiro atoms. The second kappa shape index (κ2) is 5.59. The minimum absolute atomic E-state index is 0.0251. The predicted molar refractivity (Wildman–Crippen MR) is 70.6 cm³/mol. The third kappa shape index (κ3) is 3.05. The van der Waals surface area contributed by atoms with Crippen LogP contribution in [0.4, 0.5) is 5.69 Å². The third-order valence-corrected chi connectivity index (χ3v) is 3.59. The number of carboxylic acid groups (broad SMARTS) is 1. The van der Waals surface area contributed by atoms with Crippen molar-refractivity contribution in [2.24, 2.45) is 5.92 Å². The van der Waals surface area contributed by atoms with Gasteiger partial charge in [-0.2, -0.15) is 0 Å². The summed E-state index contributed by atoms with van der Waals surface area (Å²) in [6.45, 7) is 0. The lowest BCUT2D eigenvalue weighted by molar-refractivity contribution is -0.127. The van der Waals surface area contributed by atoms with Gasteiger partial charge in [-0.15, -0.1) is 0 Å². The molecule has 1 aromatic rings. The second-order valence-corrected chi connectivity index (χ2v) is 4.92. The van der Waals surface area contributed by atoms with Gasteiger partial charge < -0.3 is 15.2 Å². The van der Waals surface area contributed by atoms with Crippen LogP contribution in [0.25, 0.3) is 0 Å². The standard InChI is InChI=1S/C13H14ClNO4/c1-19-9-4-7(5-9)12(16)15-8-2-3-11(14)10(6-8)13(17)18/h2-3,6-7,9H,4-5H2,1H3,(H,15,16)(H,17,18). The molecule has 1 fully saturated rings. The third-order valence-electron chi connectivity index (χ3n) is 3.26. The van der Waals surface area contributed by atoms with E-state index in [9.17, 15) is 9.59 Å². The van der Waals surface area contributed by atoms with Crippen molar-refractivity contribution >= 4 is 29.2 Å². The summed E-state index contributed by atoms with van der Waals surface area (Å²) in [4.78, 5) is 22.8. The maximum Gasteiger partial charge on any atom is 0.337 e. The van der Waals surface area contributed by atoms with Gasteiger partial charge in [0, 0.05) is 18.7 Å². The van der Waals surface area contributed by atoms with E-state index in [1.165, 1.54) is 12.1 Å². The molecular weight excluding hydrogens is 270 g/mol. The van der Waals surface area contributed by atoms with Crippen LogP contribution in [0.1, 0.15) is 23.2 Å². The van der Waals surface area contributed by atoms with Crippen LogP contribution >= 0.6 is 11.6 Å². The highest BCUT2D eigenvalue weighted by atomic mass is 35.5. The molecule has 0 saturated heterocycles. The summed E-state index contributed by atoms with van der Waals surface area (Å²) in [5, 5.41) is 11.8. The Morgan fingerprint density at radius 1 is 1.42 bits per heavy atom. The first-order chi connectivity index (χ1) is 9.01. The number of aromatic carboxylic acids is 1. The Morgan fingerprint density at radius 3 is 2.68 bits per heavy atom. The molecule has 2 N–H and O–H groups in total. The van der Waals surface area contributed by atoms with Gasteiger partial charge in [0.1, 0.15) is 0 Å². The summed E-state index contributed by atoms with van der Waals surface area (Å²) in [5.74, 6) is -1.31. The molecule has 0 aromatic heterocycles. The zero-order valence-electron chi connectivity index (χ0n) is 10.4. The highest BCUT2D eigenvalue weighted by Crippen LogP contribution is 2.31. The first kappa shape index (κ1) is 13.8. The Morgan fingerprint density at radius 2 is 2.11 bits per heavy atom. The van der Waals surface area contributed by atoms with E-state index in [2.05, 4.69) is 5.32 Å². The number of carbonyl (C=O) groups excluding carboxylic acids is 1. The minimum Gasteiger partial charge on any atom is -0.478 e. The highest BCUT2D eigenvalue weighted by molar-refractivity contribution is 6.33. The number of benzene rings is 1. The average molecular weight is 284 g/mol. The van der Waals surface area contributed by atoms with Crippen molar-refractivity contribution < 1.29 is 19.4 Å². The van der Waals surface area contributed by atoms with E-state index in [0.29, 0.717) is 18.5 Å². The maximum absolute atomic E-state index is 11.9.